The minimum Gasteiger partial charge on any atom is -0.389 e. The van der Waals surface area contributed by atoms with Crippen LogP contribution >= 0.6 is 11.6 Å². The second-order valence-corrected chi connectivity index (χ2v) is 8.06. The fourth-order valence-corrected chi connectivity index (χ4v) is 4.10. The first-order valence-electron chi connectivity index (χ1n) is 10.0. The summed E-state index contributed by atoms with van der Waals surface area (Å²) in [5, 5.41) is 14.1. The summed E-state index contributed by atoms with van der Waals surface area (Å²) in [4.78, 5) is 12.9. The van der Waals surface area contributed by atoms with Crippen LogP contribution in [0.25, 0.3) is 22.2 Å². The molecule has 6 nitrogen and oxygen atoms in total. The quantitative estimate of drug-likeness (QED) is 0.589. The van der Waals surface area contributed by atoms with E-state index >= 15 is 0 Å². The molecule has 30 heavy (non-hydrogen) atoms. The minimum absolute atomic E-state index is 0.196. The Morgan fingerprint density at radius 1 is 1.30 bits per heavy atom. The van der Waals surface area contributed by atoms with Crippen molar-refractivity contribution in [2.45, 2.75) is 44.2 Å². The highest BCUT2D eigenvalue weighted by Crippen LogP contribution is 2.32. The molecule has 2 atom stereocenters. The standard InChI is InChI=1S/C22H24ClFN4O2/c1-12(2)20-14(8-23)9-25-17-4-3-13(7-15(17)20)21-16(24)10-26-22(28-21)27-18-5-6-30-11-19(18)29/h3-4,7,9-10,12,18-19,29H,5-6,8,11H2,1-2H3,(H,26,27,28). The smallest absolute Gasteiger partial charge is 0.223 e. The number of benzene rings is 1. The monoisotopic (exact) mass is 430 g/mol. The number of rotatable bonds is 5. The van der Waals surface area contributed by atoms with Crippen molar-refractivity contribution in [2.75, 3.05) is 18.5 Å². The summed E-state index contributed by atoms with van der Waals surface area (Å²) in [5.41, 5.74) is 3.73. The molecule has 2 aromatic heterocycles. The van der Waals surface area contributed by atoms with E-state index in [-0.39, 0.29) is 30.2 Å². The van der Waals surface area contributed by atoms with E-state index in [1.54, 1.807) is 12.3 Å². The van der Waals surface area contributed by atoms with E-state index in [0.717, 1.165) is 28.2 Å². The number of alkyl halides is 1. The van der Waals surface area contributed by atoms with Crippen LogP contribution in [0, 0.1) is 5.82 Å². The topological polar surface area (TPSA) is 80.2 Å². The van der Waals surface area contributed by atoms with Crippen LogP contribution in [0.4, 0.5) is 10.3 Å². The summed E-state index contributed by atoms with van der Waals surface area (Å²) in [6, 6.07) is 5.34. The maximum Gasteiger partial charge on any atom is 0.223 e. The first-order chi connectivity index (χ1) is 14.5. The Balaban J connectivity index is 1.75. The van der Waals surface area contributed by atoms with Crippen molar-refractivity contribution in [3.8, 4) is 11.3 Å². The van der Waals surface area contributed by atoms with Crippen LogP contribution in [-0.4, -0.2) is 45.4 Å². The van der Waals surface area contributed by atoms with E-state index in [0.29, 0.717) is 24.5 Å². The van der Waals surface area contributed by atoms with Gasteiger partial charge in [0.2, 0.25) is 5.95 Å². The van der Waals surface area contributed by atoms with Crippen molar-refractivity contribution in [2.24, 2.45) is 0 Å². The number of nitrogens with zero attached hydrogens (tertiary/aromatic N) is 3. The number of anilines is 1. The number of pyridine rings is 1. The van der Waals surface area contributed by atoms with Gasteiger partial charge in [-0.25, -0.2) is 14.4 Å². The molecule has 3 heterocycles. The third kappa shape index (κ3) is 4.10. The second kappa shape index (κ2) is 8.79. The van der Waals surface area contributed by atoms with Gasteiger partial charge in [0, 0.05) is 29.6 Å². The number of aromatic nitrogens is 3. The van der Waals surface area contributed by atoms with E-state index in [2.05, 4.69) is 34.1 Å². The fraction of sp³-hybridized carbons (Fsp3) is 0.409. The average molecular weight is 431 g/mol. The van der Waals surface area contributed by atoms with Gasteiger partial charge in [-0.15, -0.1) is 11.6 Å². The first-order valence-corrected chi connectivity index (χ1v) is 10.5. The molecule has 0 radical (unpaired) electrons. The third-order valence-corrected chi connectivity index (χ3v) is 5.66. The SMILES string of the molecule is CC(C)c1c(CCl)cnc2ccc(-c3nc(NC4CCOCC4O)ncc3F)cc12. The molecule has 0 bridgehead atoms. The summed E-state index contributed by atoms with van der Waals surface area (Å²) in [5.74, 6) is 0.362. The number of fused-ring (bicyclic) bond motifs is 1. The van der Waals surface area contributed by atoms with Gasteiger partial charge in [0.25, 0.3) is 0 Å². The highest BCUT2D eigenvalue weighted by atomic mass is 35.5. The maximum absolute atomic E-state index is 14.7. The summed E-state index contributed by atoms with van der Waals surface area (Å²) in [6.45, 7) is 5.00. The van der Waals surface area contributed by atoms with Gasteiger partial charge in [-0.3, -0.25) is 4.98 Å². The van der Waals surface area contributed by atoms with E-state index in [9.17, 15) is 9.50 Å². The molecule has 1 aliphatic rings. The highest BCUT2D eigenvalue weighted by Gasteiger charge is 2.24. The van der Waals surface area contributed by atoms with Gasteiger partial charge < -0.3 is 15.2 Å². The predicted octanol–water partition coefficient (Wildman–Crippen LogP) is 4.25. The molecular weight excluding hydrogens is 407 g/mol. The lowest BCUT2D eigenvalue weighted by atomic mass is 9.93. The molecule has 0 aliphatic carbocycles. The van der Waals surface area contributed by atoms with Crippen LogP contribution in [0.15, 0.2) is 30.6 Å². The molecule has 2 N–H and O–H groups in total. The number of hydrogen-bond acceptors (Lipinski definition) is 6. The molecule has 1 aliphatic heterocycles. The second-order valence-electron chi connectivity index (χ2n) is 7.79. The van der Waals surface area contributed by atoms with Crippen molar-refractivity contribution < 1.29 is 14.2 Å². The summed E-state index contributed by atoms with van der Waals surface area (Å²) in [7, 11) is 0. The lowest BCUT2D eigenvalue weighted by Gasteiger charge is -2.28. The first kappa shape index (κ1) is 20.9. The zero-order valence-electron chi connectivity index (χ0n) is 16.9. The van der Waals surface area contributed by atoms with Gasteiger partial charge in [0.05, 0.1) is 30.5 Å². The average Bonchev–Trinajstić information content (AvgIpc) is 2.75. The molecule has 8 heteroatoms. The Morgan fingerprint density at radius 3 is 2.87 bits per heavy atom. The number of nitrogens with one attached hydrogen (secondary N) is 1. The number of ether oxygens (including phenoxy) is 1. The van der Waals surface area contributed by atoms with Crippen molar-refractivity contribution in [3.05, 3.63) is 47.5 Å². The van der Waals surface area contributed by atoms with Gasteiger partial charge in [-0.1, -0.05) is 19.9 Å². The van der Waals surface area contributed by atoms with Crippen LogP contribution in [0.2, 0.25) is 0 Å². The van der Waals surface area contributed by atoms with Crippen LogP contribution < -0.4 is 5.32 Å². The minimum atomic E-state index is -0.662. The van der Waals surface area contributed by atoms with Crippen molar-refractivity contribution in [1.29, 1.82) is 0 Å². The molecule has 0 spiro atoms. The molecule has 1 fully saturated rings. The lowest BCUT2D eigenvalue weighted by Crippen LogP contribution is -2.42. The van der Waals surface area contributed by atoms with Crippen LogP contribution in [0.1, 0.15) is 37.3 Å². The van der Waals surface area contributed by atoms with Crippen LogP contribution in [-0.2, 0) is 10.6 Å². The van der Waals surface area contributed by atoms with Crippen LogP contribution in [0.3, 0.4) is 0 Å². The molecule has 1 saturated heterocycles. The number of aliphatic hydroxyl groups is 1. The molecule has 1 aromatic carbocycles. The molecule has 0 saturated carbocycles. The number of hydrogen-bond donors (Lipinski definition) is 2. The van der Waals surface area contributed by atoms with E-state index < -0.39 is 11.9 Å². The molecule has 158 valence electrons. The molecule has 2 unspecified atom stereocenters. The van der Waals surface area contributed by atoms with Gasteiger partial charge in [-0.2, -0.15) is 0 Å². The van der Waals surface area contributed by atoms with Gasteiger partial charge >= 0.3 is 0 Å². The van der Waals surface area contributed by atoms with E-state index in [4.69, 9.17) is 16.3 Å². The largest absolute Gasteiger partial charge is 0.389 e. The van der Waals surface area contributed by atoms with Crippen molar-refractivity contribution >= 4 is 28.5 Å². The van der Waals surface area contributed by atoms with Crippen molar-refractivity contribution in [1.82, 2.24) is 15.0 Å². The van der Waals surface area contributed by atoms with Gasteiger partial charge in [0.1, 0.15) is 5.69 Å². The Hall–Kier alpha value is -2.35. The Kier molecular flexibility index (Phi) is 6.13. The zero-order chi connectivity index (χ0) is 21.3. The lowest BCUT2D eigenvalue weighted by molar-refractivity contribution is -0.0136. The summed E-state index contributed by atoms with van der Waals surface area (Å²) in [6.07, 6.45) is 2.91. The van der Waals surface area contributed by atoms with E-state index in [1.165, 1.54) is 0 Å². The predicted molar refractivity (Wildman–Crippen MR) is 115 cm³/mol. The number of halogens is 2. The molecule has 3 aromatic rings. The van der Waals surface area contributed by atoms with Crippen molar-refractivity contribution in [3.63, 3.8) is 0 Å². The van der Waals surface area contributed by atoms with Crippen LogP contribution in [0.5, 0.6) is 0 Å². The third-order valence-electron chi connectivity index (χ3n) is 5.37. The fourth-order valence-electron chi connectivity index (χ4n) is 3.89. The van der Waals surface area contributed by atoms with Gasteiger partial charge in [-0.05, 0) is 35.6 Å². The Morgan fingerprint density at radius 2 is 2.13 bits per heavy atom. The Bertz CT molecular complexity index is 1060. The normalized spacial score (nSPS) is 19.4. The molecule has 0 amide bonds. The number of aliphatic hydroxyl groups excluding tert-OH is 1. The highest BCUT2D eigenvalue weighted by molar-refractivity contribution is 6.17. The Labute approximate surface area is 179 Å². The summed E-state index contributed by atoms with van der Waals surface area (Å²) >= 11 is 6.13. The zero-order valence-corrected chi connectivity index (χ0v) is 17.7. The molecular formula is C22H24ClFN4O2. The van der Waals surface area contributed by atoms with E-state index in [1.807, 2.05) is 12.1 Å². The van der Waals surface area contributed by atoms with Gasteiger partial charge in [0.15, 0.2) is 5.82 Å². The summed E-state index contributed by atoms with van der Waals surface area (Å²) < 4.78 is 19.9. The molecule has 4 rings (SSSR count). The maximum atomic E-state index is 14.7.